The van der Waals surface area contributed by atoms with E-state index < -0.39 is 41.2 Å². The number of benzene rings is 1. The highest BCUT2D eigenvalue weighted by Gasteiger charge is 2.71. The van der Waals surface area contributed by atoms with Gasteiger partial charge in [0.2, 0.25) is 17.7 Å². The predicted molar refractivity (Wildman–Crippen MR) is 106 cm³/mol. The van der Waals surface area contributed by atoms with Crippen LogP contribution >= 0.6 is 0 Å². The summed E-state index contributed by atoms with van der Waals surface area (Å²) in [7, 11) is 0. The van der Waals surface area contributed by atoms with Crippen molar-refractivity contribution >= 4 is 23.4 Å². The van der Waals surface area contributed by atoms with Crippen LogP contribution < -0.4 is 10.6 Å². The maximum absolute atomic E-state index is 14.1. The number of nitrogens with one attached hydrogen (secondary N) is 2. The molecule has 0 aromatic heterocycles. The molecule has 1 saturated carbocycles. The fraction of sp³-hybridized carbons (Fsp3) is 0.591. The number of halogens is 1. The molecule has 3 aliphatic heterocycles. The van der Waals surface area contributed by atoms with Crippen LogP contribution in [0.4, 0.5) is 10.1 Å². The number of hydrogen-bond acceptors (Lipinski definition) is 5. The van der Waals surface area contributed by atoms with E-state index >= 15 is 0 Å². The van der Waals surface area contributed by atoms with E-state index in [2.05, 4.69) is 10.6 Å². The Morgan fingerprint density at radius 1 is 1.13 bits per heavy atom. The third kappa shape index (κ3) is 2.53. The van der Waals surface area contributed by atoms with Gasteiger partial charge in [0.25, 0.3) is 0 Å². The molecule has 1 aromatic rings. The number of hydrogen-bond donors (Lipinski definition) is 3. The third-order valence-electron chi connectivity index (χ3n) is 7.36. The van der Waals surface area contributed by atoms with Crippen LogP contribution in [0.1, 0.15) is 51.0 Å². The van der Waals surface area contributed by atoms with Gasteiger partial charge in [0.1, 0.15) is 11.4 Å². The zero-order valence-electron chi connectivity index (χ0n) is 16.9. The summed E-state index contributed by atoms with van der Waals surface area (Å²) in [5.41, 5.74) is -0.808. The van der Waals surface area contributed by atoms with Gasteiger partial charge in [-0.3, -0.25) is 24.6 Å². The summed E-state index contributed by atoms with van der Waals surface area (Å²) in [4.78, 5) is 41.8. The minimum atomic E-state index is -1.56. The Labute approximate surface area is 174 Å². The SMILES string of the molecule is CC(O)C1NC2(C(=O)Nc3ccc(F)cc32)[C@H]2C(=O)N(C3CCCCCC3)C(=O)[C@@H]12. The van der Waals surface area contributed by atoms with E-state index in [9.17, 15) is 23.9 Å². The van der Waals surface area contributed by atoms with E-state index in [1.54, 1.807) is 6.92 Å². The number of carbonyl (C=O) groups excluding carboxylic acids is 3. The van der Waals surface area contributed by atoms with Crippen LogP contribution in [-0.4, -0.2) is 45.9 Å². The quantitative estimate of drug-likeness (QED) is 0.504. The molecule has 7 nitrogen and oxygen atoms in total. The molecule has 1 spiro atoms. The Balaban J connectivity index is 1.63. The van der Waals surface area contributed by atoms with Crippen molar-refractivity contribution in [2.45, 2.75) is 69.2 Å². The lowest BCUT2D eigenvalue weighted by molar-refractivity contribution is -0.146. The van der Waals surface area contributed by atoms with Gasteiger partial charge in [0, 0.05) is 23.3 Å². The van der Waals surface area contributed by atoms with Crippen LogP contribution in [0.2, 0.25) is 0 Å². The maximum atomic E-state index is 14.1. The molecule has 3 N–H and O–H groups in total. The smallest absolute Gasteiger partial charge is 0.250 e. The minimum Gasteiger partial charge on any atom is -0.392 e. The lowest BCUT2D eigenvalue weighted by Crippen LogP contribution is -2.55. The second-order valence-electron chi connectivity index (χ2n) is 9.06. The molecule has 30 heavy (non-hydrogen) atoms. The average Bonchev–Trinajstić information content (AvgIpc) is 3.18. The van der Waals surface area contributed by atoms with E-state index in [0.717, 1.165) is 38.5 Å². The fourth-order valence-corrected chi connectivity index (χ4v) is 6.02. The van der Waals surface area contributed by atoms with E-state index in [0.29, 0.717) is 11.3 Å². The van der Waals surface area contributed by atoms with Crippen LogP contribution in [0.25, 0.3) is 0 Å². The molecule has 0 radical (unpaired) electrons. The highest BCUT2D eigenvalue weighted by Crippen LogP contribution is 2.54. The number of amides is 3. The summed E-state index contributed by atoms with van der Waals surface area (Å²) in [6.07, 6.45) is 4.62. The van der Waals surface area contributed by atoms with E-state index in [4.69, 9.17) is 0 Å². The molecular formula is C22H26FN3O4. The summed E-state index contributed by atoms with van der Waals surface area (Å²) in [6, 6.07) is 3.00. The van der Waals surface area contributed by atoms with Crippen molar-refractivity contribution in [3.8, 4) is 0 Å². The van der Waals surface area contributed by atoms with Crippen molar-refractivity contribution in [1.82, 2.24) is 10.2 Å². The van der Waals surface area contributed by atoms with Crippen LogP contribution in [-0.2, 0) is 19.9 Å². The van der Waals surface area contributed by atoms with Crippen LogP contribution in [0.5, 0.6) is 0 Å². The molecule has 5 rings (SSSR count). The van der Waals surface area contributed by atoms with Gasteiger partial charge in [0.15, 0.2) is 0 Å². The van der Waals surface area contributed by atoms with Gasteiger partial charge >= 0.3 is 0 Å². The molecule has 4 aliphatic rings. The number of fused-ring (bicyclic) bond motifs is 4. The summed E-state index contributed by atoms with van der Waals surface area (Å²) < 4.78 is 14.1. The normalized spacial score (nSPS) is 34.8. The Morgan fingerprint density at radius 2 is 1.83 bits per heavy atom. The molecule has 160 valence electrons. The second-order valence-corrected chi connectivity index (χ2v) is 9.06. The van der Waals surface area contributed by atoms with Crippen molar-refractivity contribution in [2.24, 2.45) is 11.8 Å². The minimum absolute atomic E-state index is 0.179. The standard InChI is InChI=1S/C22H26FN3O4/c1-11(27)18-16-17(20(29)26(19(16)28)13-6-4-2-3-5-7-13)22(25-18)14-10-12(23)8-9-15(14)24-21(22)30/h8-11,13,16-18,25,27H,2-7H2,1H3,(H,24,30)/t11?,16-,17-,18?,22?/m1/s1. The van der Waals surface area contributed by atoms with Gasteiger partial charge in [-0.2, -0.15) is 0 Å². The monoisotopic (exact) mass is 415 g/mol. The number of anilines is 1. The lowest BCUT2D eigenvalue weighted by atomic mass is 9.76. The van der Waals surface area contributed by atoms with Gasteiger partial charge in [-0.15, -0.1) is 0 Å². The first-order valence-electron chi connectivity index (χ1n) is 10.8. The predicted octanol–water partition coefficient (Wildman–Crippen LogP) is 1.65. The van der Waals surface area contributed by atoms with Gasteiger partial charge in [-0.25, -0.2) is 4.39 Å². The number of aliphatic hydroxyl groups excluding tert-OH is 1. The molecule has 2 saturated heterocycles. The van der Waals surface area contributed by atoms with Crippen molar-refractivity contribution < 1.29 is 23.9 Å². The Morgan fingerprint density at radius 3 is 2.50 bits per heavy atom. The van der Waals surface area contributed by atoms with Crippen molar-refractivity contribution in [3.63, 3.8) is 0 Å². The van der Waals surface area contributed by atoms with Gasteiger partial charge in [-0.05, 0) is 38.0 Å². The fourth-order valence-electron chi connectivity index (χ4n) is 6.02. The first-order chi connectivity index (χ1) is 14.4. The molecule has 3 amide bonds. The molecule has 8 heteroatoms. The van der Waals surface area contributed by atoms with Crippen LogP contribution in [0, 0.1) is 17.7 Å². The first-order valence-corrected chi connectivity index (χ1v) is 10.8. The Kier molecular flexibility index (Phi) is 4.48. The van der Waals surface area contributed by atoms with Gasteiger partial charge in [-0.1, -0.05) is 25.7 Å². The highest BCUT2D eigenvalue weighted by atomic mass is 19.1. The van der Waals surface area contributed by atoms with Crippen LogP contribution in [0.3, 0.4) is 0 Å². The summed E-state index contributed by atoms with van der Waals surface area (Å²) in [5, 5.41) is 16.3. The van der Waals surface area contributed by atoms with Gasteiger partial charge in [0.05, 0.1) is 17.9 Å². The van der Waals surface area contributed by atoms with E-state index in [1.807, 2.05) is 0 Å². The number of nitrogens with zero attached hydrogens (tertiary/aromatic N) is 1. The summed E-state index contributed by atoms with van der Waals surface area (Å²) >= 11 is 0. The zero-order chi connectivity index (χ0) is 21.2. The van der Waals surface area contributed by atoms with E-state index in [-0.39, 0.29) is 17.9 Å². The van der Waals surface area contributed by atoms with Crippen molar-refractivity contribution in [3.05, 3.63) is 29.6 Å². The Hall–Kier alpha value is -2.32. The van der Waals surface area contributed by atoms with Crippen LogP contribution in [0.15, 0.2) is 18.2 Å². The number of likely N-dealkylation sites (tertiary alicyclic amines) is 1. The maximum Gasteiger partial charge on any atom is 0.250 e. The Bertz CT molecular complexity index is 927. The molecule has 1 aromatic carbocycles. The summed E-state index contributed by atoms with van der Waals surface area (Å²) in [6.45, 7) is 1.54. The number of rotatable bonds is 2. The van der Waals surface area contributed by atoms with Gasteiger partial charge < -0.3 is 10.4 Å². The summed E-state index contributed by atoms with van der Waals surface area (Å²) in [5.74, 6) is -3.59. The average molecular weight is 415 g/mol. The number of aliphatic hydroxyl groups is 1. The molecule has 5 atom stereocenters. The lowest BCUT2D eigenvalue weighted by Gasteiger charge is -2.32. The molecule has 1 aliphatic carbocycles. The number of imide groups is 1. The zero-order valence-corrected chi connectivity index (χ0v) is 16.9. The second kappa shape index (κ2) is 6.85. The van der Waals surface area contributed by atoms with E-state index in [1.165, 1.54) is 23.1 Å². The third-order valence-corrected chi connectivity index (χ3v) is 7.36. The molecule has 3 unspecified atom stereocenters. The first kappa shape index (κ1) is 19.6. The molecule has 3 heterocycles. The van der Waals surface area contributed by atoms with Crippen molar-refractivity contribution in [2.75, 3.05) is 5.32 Å². The highest BCUT2D eigenvalue weighted by molar-refractivity contribution is 6.15. The number of carbonyl (C=O) groups is 3. The largest absolute Gasteiger partial charge is 0.392 e. The molecule has 0 bridgehead atoms. The molecule has 3 fully saturated rings. The topological polar surface area (TPSA) is 98.7 Å². The molecular weight excluding hydrogens is 389 g/mol. The van der Waals surface area contributed by atoms with Crippen molar-refractivity contribution in [1.29, 1.82) is 0 Å².